The van der Waals surface area contributed by atoms with E-state index in [0.29, 0.717) is 13.2 Å². The second-order valence-corrected chi connectivity index (χ2v) is 5.70. The van der Waals surface area contributed by atoms with Gasteiger partial charge < -0.3 is 9.30 Å². The van der Waals surface area contributed by atoms with E-state index in [4.69, 9.17) is 4.74 Å². The van der Waals surface area contributed by atoms with Gasteiger partial charge >= 0.3 is 0 Å². The average molecular weight is 328 g/mol. The summed E-state index contributed by atoms with van der Waals surface area (Å²) in [5.74, 6) is -0.614. The Morgan fingerprint density at radius 1 is 0.958 bits per heavy atom. The van der Waals surface area contributed by atoms with Gasteiger partial charge in [-0.15, -0.1) is 0 Å². The second-order valence-electron chi connectivity index (χ2n) is 5.70. The van der Waals surface area contributed by atoms with Crippen LogP contribution in [0.2, 0.25) is 0 Å². The third-order valence-corrected chi connectivity index (χ3v) is 4.09. The summed E-state index contributed by atoms with van der Waals surface area (Å²) in [7, 11) is 0. The summed E-state index contributed by atoms with van der Waals surface area (Å²) in [6.45, 7) is 2.97. The van der Waals surface area contributed by atoms with Crippen LogP contribution in [0.4, 0.5) is 8.78 Å². The van der Waals surface area contributed by atoms with E-state index in [1.807, 2.05) is 17.7 Å². The van der Waals surface area contributed by atoms with Crippen LogP contribution in [0.25, 0.3) is 0 Å². The Hall–Kier alpha value is -2.53. The predicted octanol–water partition coefficient (Wildman–Crippen LogP) is 4.14. The van der Waals surface area contributed by atoms with E-state index in [1.165, 1.54) is 24.3 Å². The normalized spacial score (nSPS) is 11.6. The van der Waals surface area contributed by atoms with Gasteiger partial charge in [-0.25, -0.2) is 13.8 Å². The van der Waals surface area contributed by atoms with Crippen molar-refractivity contribution < 1.29 is 13.5 Å². The highest BCUT2D eigenvalue weighted by Crippen LogP contribution is 2.33. The Kier molecular flexibility index (Phi) is 4.71. The molecule has 0 spiro atoms. The van der Waals surface area contributed by atoms with E-state index >= 15 is 0 Å². The third-order valence-electron chi connectivity index (χ3n) is 4.09. The summed E-state index contributed by atoms with van der Waals surface area (Å²) in [5, 5.41) is 0. The zero-order valence-electron chi connectivity index (χ0n) is 13.3. The van der Waals surface area contributed by atoms with Gasteiger partial charge in [0.2, 0.25) is 0 Å². The highest BCUT2D eigenvalue weighted by Gasteiger charge is 2.30. The summed E-state index contributed by atoms with van der Waals surface area (Å²) in [6, 6.07) is 12.4. The molecule has 3 rings (SSSR count). The minimum absolute atomic E-state index is 0.307. The first-order valence-corrected chi connectivity index (χ1v) is 7.70. The average Bonchev–Trinajstić information content (AvgIpc) is 3.09. The first-order valence-electron chi connectivity index (χ1n) is 7.70. The first kappa shape index (κ1) is 16.3. The number of nitrogens with zero attached hydrogens (tertiary/aromatic N) is 2. The smallest absolute Gasteiger partial charge is 0.123 e. The number of imidazole rings is 1. The molecule has 0 bridgehead atoms. The first-order chi connectivity index (χ1) is 11.6. The summed E-state index contributed by atoms with van der Waals surface area (Å²) in [6.07, 6.45) is 5.28. The summed E-state index contributed by atoms with van der Waals surface area (Å²) in [4.78, 5) is 4.00. The van der Waals surface area contributed by atoms with Crippen molar-refractivity contribution >= 4 is 0 Å². The maximum absolute atomic E-state index is 13.3. The lowest BCUT2D eigenvalue weighted by molar-refractivity contribution is -0.00832. The molecule has 0 saturated heterocycles. The molecule has 0 aliphatic rings. The van der Waals surface area contributed by atoms with Crippen molar-refractivity contribution in [2.24, 2.45) is 0 Å². The molecule has 5 heteroatoms. The number of rotatable bonds is 6. The predicted molar refractivity (Wildman–Crippen MR) is 87.4 cm³/mol. The monoisotopic (exact) mass is 328 g/mol. The van der Waals surface area contributed by atoms with E-state index in [-0.39, 0.29) is 11.6 Å². The molecule has 0 fully saturated rings. The molecule has 124 valence electrons. The van der Waals surface area contributed by atoms with Crippen molar-refractivity contribution in [3.8, 4) is 0 Å². The fraction of sp³-hybridized carbons (Fsp3) is 0.211. The largest absolute Gasteiger partial charge is 0.364 e. The lowest BCUT2D eigenvalue weighted by Gasteiger charge is -2.31. The Balaban J connectivity index is 1.87. The van der Waals surface area contributed by atoms with Gasteiger partial charge in [0.25, 0.3) is 0 Å². The van der Waals surface area contributed by atoms with Gasteiger partial charge in [-0.1, -0.05) is 24.3 Å². The Morgan fingerprint density at radius 2 is 1.50 bits per heavy atom. The zero-order valence-corrected chi connectivity index (χ0v) is 13.3. The van der Waals surface area contributed by atoms with Crippen molar-refractivity contribution in [2.75, 3.05) is 6.61 Å². The van der Waals surface area contributed by atoms with Gasteiger partial charge in [-0.05, 0) is 42.3 Å². The fourth-order valence-electron chi connectivity index (χ4n) is 2.64. The summed E-state index contributed by atoms with van der Waals surface area (Å²) in [5.41, 5.74) is 0.810. The number of benzene rings is 2. The number of ether oxygens (including phenoxy) is 1. The number of hydrogen-bond acceptors (Lipinski definition) is 2. The molecule has 0 saturated carbocycles. The minimum atomic E-state index is -0.804. The topological polar surface area (TPSA) is 27.1 Å². The molecule has 0 amide bonds. The second kappa shape index (κ2) is 6.93. The highest BCUT2D eigenvalue weighted by atomic mass is 19.1. The molecular weight excluding hydrogens is 310 g/mol. The van der Waals surface area contributed by atoms with Gasteiger partial charge in [-0.2, -0.15) is 0 Å². The molecule has 0 aliphatic heterocycles. The molecule has 0 atom stereocenters. The van der Waals surface area contributed by atoms with E-state index in [1.54, 1.807) is 36.8 Å². The van der Waals surface area contributed by atoms with Gasteiger partial charge in [0, 0.05) is 18.9 Å². The van der Waals surface area contributed by atoms with Crippen molar-refractivity contribution in [1.82, 2.24) is 9.55 Å². The molecule has 3 aromatic rings. The van der Waals surface area contributed by atoms with Crippen LogP contribution >= 0.6 is 0 Å². The summed E-state index contributed by atoms with van der Waals surface area (Å²) < 4.78 is 34.6. The van der Waals surface area contributed by atoms with E-state index in [0.717, 1.165) is 11.1 Å². The van der Waals surface area contributed by atoms with Gasteiger partial charge in [0.15, 0.2) is 0 Å². The Labute approximate surface area is 139 Å². The van der Waals surface area contributed by atoms with E-state index < -0.39 is 5.60 Å². The lowest BCUT2D eigenvalue weighted by Crippen LogP contribution is -2.29. The number of hydrogen-bond donors (Lipinski definition) is 0. The van der Waals surface area contributed by atoms with Crippen LogP contribution in [0.1, 0.15) is 18.1 Å². The molecule has 2 aromatic carbocycles. The van der Waals surface area contributed by atoms with Crippen LogP contribution < -0.4 is 0 Å². The molecule has 0 unspecified atom stereocenters. The zero-order chi connectivity index (χ0) is 17.0. The maximum Gasteiger partial charge on any atom is 0.123 e. The van der Waals surface area contributed by atoms with Gasteiger partial charge in [-0.3, -0.25) is 0 Å². The number of aromatic nitrogens is 2. The van der Waals surface area contributed by atoms with Crippen LogP contribution in [0.3, 0.4) is 0 Å². The molecule has 0 N–H and O–H groups in total. The van der Waals surface area contributed by atoms with E-state index in [2.05, 4.69) is 4.98 Å². The molecule has 1 aromatic heterocycles. The van der Waals surface area contributed by atoms with E-state index in [9.17, 15) is 8.78 Å². The molecular formula is C19H18F2N2O. The molecule has 0 aliphatic carbocycles. The molecule has 24 heavy (non-hydrogen) atoms. The van der Waals surface area contributed by atoms with Crippen LogP contribution in [-0.2, 0) is 16.9 Å². The van der Waals surface area contributed by atoms with Gasteiger partial charge in [0.05, 0.1) is 12.9 Å². The molecule has 3 nitrogen and oxygen atoms in total. The van der Waals surface area contributed by atoms with Crippen molar-refractivity contribution in [3.05, 3.63) is 90.0 Å². The SMILES string of the molecule is CC(OCCn1ccnc1)(c1ccc(F)cc1)c1ccc(F)cc1. The minimum Gasteiger partial charge on any atom is -0.364 e. The quantitative estimate of drug-likeness (QED) is 0.680. The Morgan fingerprint density at radius 3 is 1.96 bits per heavy atom. The van der Waals surface area contributed by atoms with Crippen LogP contribution in [0, 0.1) is 11.6 Å². The third kappa shape index (κ3) is 3.51. The summed E-state index contributed by atoms with van der Waals surface area (Å²) >= 11 is 0. The van der Waals surface area contributed by atoms with Crippen LogP contribution in [-0.4, -0.2) is 16.2 Å². The standard InChI is InChI=1S/C19H18F2N2O/c1-19(15-2-6-17(20)7-3-15,16-4-8-18(21)9-5-16)24-13-12-23-11-10-22-14-23/h2-11,14H,12-13H2,1H3. The Bertz CT molecular complexity index is 723. The van der Waals surface area contributed by atoms with Crippen LogP contribution in [0.15, 0.2) is 67.3 Å². The maximum atomic E-state index is 13.3. The molecule has 0 radical (unpaired) electrons. The van der Waals surface area contributed by atoms with Gasteiger partial charge in [0.1, 0.15) is 17.2 Å². The number of halogens is 2. The lowest BCUT2D eigenvalue weighted by atomic mass is 9.88. The van der Waals surface area contributed by atoms with Crippen molar-refractivity contribution in [2.45, 2.75) is 19.1 Å². The van der Waals surface area contributed by atoms with Crippen molar-refractivity contribution in [3.63, 3.8) is 0 Å². The fourth-order valence-corrected chi connectivity index (χ4v) is 2.64. The molecule has 1 heterocycles. The van der Waals surface area contributed by atoms with Crippen LogP contribution in [0.5, 0.6) is 0 Å². The van der Waals surface area contributed by atoms with Crippen molar-refractivity contribution in [1.29, 1.82) is 0 Å². The highest BCUT2D eigenvalue weighted by molar-refractivity contribution is 5.35.